The van der Waals surface area contributed by atoms with Crippen LogP contribution < -0.4 is 9.64 Å². The molecule has 0 aromatic heterocycles. The Bertz CT molecular complexity index is 772. The lowest BCUT2D eigenvalue weighted by atomic mass is 10.2. The predicted molar refractivity (Wildman–Crippen MR) is 105 cm³/mol. The summed E-state index contributed by atoms with van der Waals surface area (Å²) in [7, 11) is 5.47. The number of anilines is 1. The molecule has 0 aliphatic heterocycles. The first-order valence-corrected chi connectivity index (χ1v) is 8.81. The lowest BCUT2D eigenvalue weighted by Gasteiger charge is -2.18. The van der Waals surface area contributed by atoms with E-state index in [-0.39, 0.29) is 12.5 Å². The van der Waals surface area contributed by atoms with E-state index < -0.39 is 5.97 Å². The van der Waals surface area contributed by atoms with Crippen LogP contribution in [0.3, 0.4) is 0 Å². The summed E-state index contributed by atoms with van der Waals surface area (Å²) >= 11 is 0. The SMILES string of the molecule is CCOc1ccc(CN(C)C(=O)COC(=O)c2cccc(N(C)C)c2)cc1. The second-order valence-electron chi connectivity index (χ2n) is 6.35. The minimum Gasteiger partial charge on any atom is -0.494 e. The number of nitrogens with zero attached hydrogens (tertiary/aromatic N) is 2. The van der Waals surface area contributed by atoms with Crippen LogP contribution in [0, 0.1) is 0 Å². The molecular formula is C21H26N2O4. The van der Waals surface area contributed by atoms with Gasteiger partial charge in [-0.25, -0.2) is 4.79 Å². The van der Waals surface area contributed by atoms with Gasteiger partial charge in [-0.3, -0.25) is 4.79 Å². The van der Waals surface area contributed by atoms with Crippen molar-refractivity contribution in [2.45, 2.75) is 13.5 Å². The van der Waals surface area contributed by atoms with Crippen molar-refractivity contribution in [2.24, 2.45) is 0 Å². The van der Waals surface area contributed by atoms with Crippen LogP contribution in [0.15, 0.2) is 48.5 Å². The van der Waals surface area contributed by atoms with Crippen LogP contribution in [-0.4, -0.2) is 51.1 Å². The lowest BCUT2D eigenvalue weighted by molar-refractivity contribution is -0.133. The Kier molecular flexibility index (Phi) is 7.23. The maximum absolute atomic E-state index is 12.2. The van der Waals surface area contributed by atoms with E-state index in [0.29, 0.717) is 18.7 Å². The standard InChI is InChI=1S/C21H26N2O4/c1-5-26-19-11-9-16(10-12-19)14-23(4)20(24)15-27-21(25)17-7-6-8-18(13-17)22(2)3/h6-13H,5,14-15H2,1-4H3. The number of likely N-dealkylation sites (N-methyl/N-ethyl adjacent to an activating group) is 1. The first-order chi connectivity index (χ1) is 12.9. The van der Waals surface area contributed by atoms with E-state index in [4.69, 9.17) is 9.47 Å². The number of esters is 1. The topological polar surface area (TPSA) is 59.1 Å². The normalized spacial score (nSPS) is 10.2. The van der Waals surface area contributed by atoms with Gasteiger partial charge in [0.1, 0.15) is 5.75 Å². The molecule has 2 aromatic rings. The lowest BCUT2D eigenvalue weighted by Crippen LogP contribution is -2.30. The van der Waals surface area contributed by atoms with Gasteiger partial charge in [0, 0.05) is 33.4 Å². The van der Waals surface area contributed by atoms with E-state index in [2.05, 4.69) is 0 Å². The fourth-order valence-electron chi connectivity index (χ4n) is 2.45. The molecule has 0 radical (unpaired) electrons. The Morgan fingerprint density at radius 2 is 1.70 bits per heavy atom. The fourth-order valence-corrected chi connectivity index (χ4v) is 2.45. The Hall–Kier alpha value is -3.02. The molecule has 27 heavy (non-hydrogen) atoms. The number of amides is 1. The second-order valence-corrected chi connectivity index (χ2v) is 6.35. The molecule has 0 heterocycles. The van der Waals surface area contributed by atoms with Crippen LogP contribution in [-0.2, 0) is 16.1 Å². The van der Waals surface area contributed by atoms with Gasteiger partial charge in [0.25, 0.3) is 5.91 Å². The summed E-state index contributed by atoms with van der Waals surface area (Å²) < 4.78 is 10.6. The van der Waals surface area contributed by atoms with E-state index in [0.717, 1.165) is 17.0 Å². The summed E-state index contributed by atoms with van der Waals surface area (Å²) in [5.74, 6) is 0.0200. The summed E-state index contributed by atoms with van der Waals surface area (Å²) in [5.41, 5.74) is 2.28. The first kappa shape index (κ1) is 20.3. The van der Waals surface area contributed by atoms with E-state index in [9.17, 15) is 9.59 Å². The molecule has 1 amide bonds. The second kappa shape index (κ2) is 9.62. The van der Waals surface area contributed by atoms with Crippen LogP contribution in [0.4, 0.5) is 5.69 Å². The third-order valence-electron chi connectivity index (χ3n) is 4.00. The number of carbonyl (C=O) groups is 2. The molecule has 0 bridgehead atoms. The summed E-state index contributed by atoms with van der Waals surface area (Å²) in [4.78, 5) is 27.8. The molecule has 2 rings (SSSR count). The highest BCUT2D eigenvalue weighted by atomic mass is 16.5. The maximum atomic E-state index is 12.2. The van der Waals surface area contributed by atoms with Crippen LogP contribution in [0.1, 0.15) is 22.8 Å². The van der Waals surface area contributed by atoms with Crippen molar-refractivity contribution in [3.63, 3.8) is 0 Å². The Morgan fingerprint density at radius 1 is 1.00 bits per heavy atom. The number of ether oxygens (including phenoxy) is 2. The average molecular weight is 370 g/mol. The third kappa shape index (κ3) is 6.02. The molecular weight excluding hydrogens is 344 g/mol. The largest absolute Gasteiger partial charge is 0.494 e. The van der Waals surface area contributed by atoms with Gasteiger partial charge in [0.15, 0.2) is 6.61 Å². The van der Waals surface area contributed by atoms with Gasteiger partial charge in [0.05, 0.1) is 12.2 Å². The number of benzene rings is 2. The van der Waals surface area contributed by atoms with Crippen molar-refractivity contribution in [1.82, 2.24) is 4.90 Å². The highest BCUT2D eigenvalue weighted by molar-refractivity contribution is 5.92. The van der Waals surface area contributed by atoms with Gasteiger partial charge in [-0.05, 0) is 42.8 Å². The van der Waals surface area contributed by atoms with Crippen molar-refractivity contribution in [2.75, 3.05) is 39.3 Å². The zero-order valence-corrected chi connectivity index (χ0v) is 16.3. The van der Waals surface area contributed by atoms with Crippen molar-refractivity contribution in [1.29, 1.82) is 0 Å². The van der Waals surface area contributed by atoms with E-state index in [1.807, 2.05) is 56.3 Å². The number of hydrogen-bond acceptors (Lipinski definition) is 5. The van der Waals surface area contributed by atoms with Gasteiger partial charge < -0.3 is 19.3 Å². The molecule has 0 unspecified atom stereocenters. The van der Waals surface area contributed by atoms with Crippen LogP contribution in [0.25, 0.3) is 0 Å². The molecule has 6 heteroatoms. The summed E-state index contributed by atoms with van der Waals surface area (Å²) in [6.45, 7) is 2.68. The summed E-state index contributed by atoms with van der Waals surface area (Å²) in [6.07, 6.45) is 0. The zero-order valence-electron chi connectivity index (χ0n) is 16.3. The van der Waals surface area contributed by atoms with Gasteiger partial charge >= 0.3 is 5.97 Å². The Balaban J connectivity index is 1.87. The van der Waals surface area contributed by atoms with Crippen LogP contribution in [0.5, 0.6) is 5.75 Å². The van der Waals surface area contributed by atoms with Gasteiger partial charge in [-0.2, -0.15) is 0 Å². The van der Waals surface area contributed by atoms with Gasteiger partial charge in [0.2, 0.25) is 0 Å². The van der Waals surface area contributed by atoms with Gasteiger partial charge in [-0.1, -0.05) is 18.2 Å². The van der Waals surface area contributed by atoms with Crippen molar-refractivity contribution < 1.29 is 19.1 Å². The van der Waals surface area contributed by atoms with Gasteiger partial charge in [-0.15, -0.1) is 0 Å². The van der Waals surface area contributed by atoms with Crippen molar-refractivity contribution in [3.8, 4) is 5.75 Å². The number of rotatable bonds is 8. The van der Waals surface area contributed by atoms with Crippen molar-refractivity contribution in [3.05, 3.63) is 59.7 Å². The molecule has 0 fully saturated rings. The average Bonchev–Trinajstić information content (AvgIpc) is 2.67. The molecule has 0 saturated heterocycles. The number of carbonyl (C=O) groups excluding carboxylic acids is 2. The summed E-state index contributed by atoms with van der Waals surface area (Å²) in [6, 6.07) is 14.6. The monoisotopic (exact) mass is 370 g/mol. The number of hydrogen-bond donors (Lipinski definition) is 0. The molecule has 2 aromatic carbocycles. The first-order valence-electron chi connectivity index (χ1n) is 8.81. The fraction of sp³-hybridized carbons (Fsp3) is 0.333. The molecule has 0 N–H and O–H groups in total. The zero-order chi connectivity index (χ0) is 19.8. The maximum Gasteiger partial charge on any atom is 0.338 e. The highest BCUT2D eigenvalue weighted by Gasteiger charge is 2.14. The van der Waals surface area contributed by atoms with Crippen LogP contribution >= 0.6 is 0 Å². The minimum atomic E-state index is -0.512. The van der Waals surface area contributed by atoms with E-state index >= 15 is 0 Å². The highest BCUT2D eigenvalue weighted by Crippen LogP contribution is 2.15. The predicted octanol–water partition coefficient (Wildman–Crippen LogP) is 2.97. The molecule has 0 aliphatic carbocycles. The molecule has 144 valence electrons. The summed E-state index contributed by atoms with van der Waals surface area (Å²) in [5, 5.41) is 0. The smallest absolute Gasteiger partial charge is 0.338 e. The van der Waals surface area contributed by atoms with Crippen LogP contribution in [0.2, 0.25) is 0 Å². The molecule has 0 atom stereocenters. The molecule has 0 saturated carbocycles. The molecule has 6 nitrogen and oxygen atoms in total. The van der Waals surface area contributed by atoms with E-state index in [1.165, 1.54) is 4.90 Å². The molecule has 0 spiro atoms. The minimum absolute atomic E-state index is 0.263. The third-order valence-corrected chi connectivity index (χ3v) is 4.00. The van der Waals surface area contributed by atoms with Crippen molar-refractivity contribution >= 4 is 17.6 Å². The Labute approximate surface area is 160 Å². The Morgan fingerprint density at radius 3 is 2.33 bits per heavy atom. The molecule has 0 aliphatic rings. The van der Waals surface area contributed by atoms with E-state index in [1.54, 1.807) is 25.2 Å². The quantitative estimate of drug-likeness (QED) is 0.669.